The van der Waals surface area contributed by atoms with Crippen LogP contribution in [0.3, 0.4) is 0 Å². The predicted molar refractivity (Wildman–Crippen MR) is 105 cm³/mol. The predicted octanol–water partition coefficient (Wildman–Crippen LogP) is 3.27. The van der Waals surface area contributed by atoms with E-state index in [-0.39, 0.29) is 23.6 Å². The van der Waals surface area contributed by atoms with Crippen LogP contribution in [0.1, 0.15) is 17.1 Å². The highest BCUT2D eigenvalue weighted by Gasteiger charge is 2.37. The van der Waals surface area contributed by atoms with Crippen molar-refractivity contribution in [2.45, 2.75) is 6.54 Å². The van der Waals surface area contributed by atoms with E-state index in [1.54, 1.807) is 12.3 Å². The van der Waals surface area contributed by atoms with Crippen molar-refractivity contribution in [2.24, 2.45) is 0 Å². The fourth-order valence-corrected chi connectivity index (χ4v) is 3.48. The molecule has 138 valence electrons. The lowest BCUT2D eigenvalue weighted by atomic mass is 10.1. The van der Waals surface area contributed by atoms with E-state index in [2.05, 4.69) is 19.9 Å². The van der Waals surface area contributed by atoms with Gasteiger partial charge in [0, 0.05) is 11.9 Å². The summed E-state index contributed by atoms with van der Waals surface area (Å²) in [5.41, 5.74) is 8.69. The molecule has 0 fully saturated rings. The van der Waals surface area contributed by atoms with Gasteiger partial charge in [0.1, 0.15) is 17.2 Å². The number of H-pyrrole nitrogens is 1. The molecule has 0 spiro atoms. The quantitative estimate of drug-likeness (QED) is 0.408. The molecule has 1 aliphatic heterocycles. The number of hydrogen-bond donors (Lipinski definition) is 2. The Morgan fingerprint density at radius 3 is 2.82 bits per heavy atom. The second-order valence-corrected chi connectivity index (χ2v) is 6.58. The van der Waals surface area contributed by atoms with Gasteiger partial charge in [0.15, 0.2) is 11.4 Å². The summed E-state index contributed by atoms with van der Waals surface area (Å²) in [5, 5.41) is 0.119. The van der Waals surface area contributed by atoms with Gasteiger partial charge in [-0.05, 0) is 30.3 Å². The molecule has 0 saturated heterocycles. The molecule has 0 saturated carbocycles. The number of fused-ring (bicyclic) bond motifs is 2. The standard InChI is InChI=1S/C19H13ClN6O2/c20-16-15-11(8-10-4-3-7-22-10)18(27)26(17(15)25-19(21)24-16)9-14-23-12-5-1-2-6-13(12)28-14/h1-8,22H,9H2,(H2,21,24,25). The summed E-state index contributed by atoms with van der Waals surface area (Å²) in [4.78, 5) is 30.3. The lowest BCUT2D eigenvalue weighted by molar-refractivity contribution is -0.113. The van der Waals surface area contributed by atoms with Crippen molar-refractivity contribution in [3.05, 3.63) is 64.9 Å². The summed E-state index contributed by atoms with van der Waals surface area (Å²) < 4.78 is 5.76. The highest BCUT2D eigenvalue weighted by Crippen LogP contribution is 2.41. The second kappa shape index (κ2) is 6.21. The van der Waals surface area contributed by atoms with E-state index in [0.717, 1.165) is 5.69 Å². The average molecular weight is 393 g/mol. The number of nitrogens with two attached hydrogens (primary N) is 1. The van der Waals surface area contributed by atoms with Crippen molar-refractivity contribution in [2.75, 3.05) is 10.6 Å². The van der Waals surface area contributed by atoms with Crippen LogP contribution in [-0.4, -0.2) is 25.8 Å². The minimum Gasteiger partial charge on any atom is -0.439 e. The first-order valence-electron chi connectivity index (χ1n) is 8.45. The lowest BCUT2D eigenvalue weighted by Crippen LogP contribution is -2.26. The highest BCUT2D eigenvalue weighted by molar-refractivity contribution is 6.41. The molecular weight excluding hydrogens is 380 g/mol. The smallest absolute Gasteiger partial charge is 0.260 e. The number of carbonyl (C=O) groups excluding carboxylic acids is 1. The van der Waals surface area contributed by atoms with Crippen LogP contribution in [0.4, 0.5) is 11.8 Å². The molecule has 4 aromatic rings. The van der Waals surface area contributed by atoms with Crippen LogP contribution in [0.5, 0.6) is 0 Å². The number of hydrogen-bond acceptors (Lipinski definition) is 6. The van der Waals surface area contributed by atoms with Gasteiger partial charge in [-0.15, -0.1) is 0 Å². The van der Waals surface area contributed by atoms with Crippen molar-refractivity contribution in [3.63, 3.8) is 0 Å². The van der Waals surface area contributed by atoms with Crippen LogP contribution in [0.25, 0.3) is 22.7 Å². The van der Waals surface area contributed by atoms with Gasteiger partial charge in [0.25, 0.3) is 5.91 Å². The Kier molecular flexibility index (Phi) is 3.66. The number of halogens is 1. The summed E-state index contributed by atoms with van der Waals surface area (Å²) in [6.45, 7) is 0.0926. The number of para-hydroxylation sites is 2. The molecule has 5 rings (SSSR count). The molecule has 1 amide bonds. The minimum absolute atomic E-state index is 0.0137. The maximum absolute atomic E-state index is 13.2. The summed E-state index contributed by atoms with van der Waals surface area (Å²) in [6.07, 6.45) is 3.47. The van der Waals surface area contributed by atoms with E-state index in [1.165, 1.54) is 4.90 Å². The molecule has 8 nitrogen and oxygen atoms in total. The highest BCUT2D eigenvalue weighted by atomic mass is 35.5. The van der Waals surface area contributed by atoms with Crippen LogP contribution in [0.2, 0.25) is 5.15 Å². The average Bonchev–Trinajstić information content (AvgIpc) is 3.37. The zero-order valence-electron chi connectivity index (χ0n) is 14.4. The Morgan fingerprint density at radius 2 is 2.04 bits per heavy atom. The summed E-state index contributed by atoms with van der Waals surface area (Å²) in [6, 6.07) is 11.1. The van der Waals surface area contributed by atoms with Gasteiger partial charge < -0.3 is 15.1 Å². The molecule has 0 radical (unpaired) electrons. The normalized spacial score (nSPS) is 15.0. The number of benzene rings is 1. The number of aromatic nitrogens is 4. The van der Waals surface area contributed by atoms with Gasteiger partial charge in [-0.25, -0.2) is 9.97 Å². The number of nitrogens with one attached hydrogen (secondary N) is 1. The van der Waals surface area contributed by atoms with E-state index in [4.69, 9.17) is 21.8 Å². The van der Waals surface area contributed by atoms with Crippen LogP contribution in [0, 0.1) is 0 Å². The Balaban J connectivity index is 1.61. The molecule has 0 atom stereocenters. The first kappa shape index (κ1) is 16.5. The number of nitrogen functional groups attached to an aromatic ring is 1. The van der Waals surface area contributed by atoms with Crippen molar-refractivity contribution in [3.8, 4) is 0 Å². The molecule has 0 aliphatic carbocycles. The zero-order chi connectivity index (χ0) is 19.3. The van der Waals surface area contributed by atoms with Gasteiger partial charge in [-0.1, -0.05) is 23.7 Å². The molecule has 3 aromatic heterocycles. The molecule has 28 heavy (non-hydrogen) atoms. The van der Waals surface area contributed by atoms with Crippen LogP contribution in [0.15, 0.2) is 47.0 Å². The van der Waals surface area contributed by atoms with E-state index >= 15 is 0 Å². The van der Waals surface area contributed by atoms with Crippen LogP contribution < -0.4 is 10.6 Å². The molecule has 0 unspecified atom stereocenters. The van der Waals surface area contributed by atoms with Gasteiger partial charge >= 0.3 is 0 Å². The summed E-state index contributed by atoms with van der Waals surface area (Å²) in [5.74, 6) is 0.423. The topological polar surface area (TPSA) is 114 Å². The maximum atomic E-state index is 13.2. The molecule has 9 heteroatoms. The monoisotopic (exact) mass is 392 g/mol. The third kappa shape index (κ3) is 2.62. The Hall–Kier alpha value is -3.65. The number of anilines is 2. The van der Waals surface area contributed by atoms with E-state index in [9.17, 15) is 4.79 Å². The molecular formula is C19H13ClN6O2. The lowest BCUT2D eigenvalue weighted by Gasteiger charge is -2.13. The SMILES string of the molecule is Nc1nc(Cl)c2c(n1)N(Cc1nc3ccccc3o1)C(=O)C2=Cc1ccc[nH]1. The Labute approximate surface area is 163 Å². The Bertz CT molecular complexity index is 1210. The fourth-order valence-electron chi connectivity index (χ4n) is 3.21. The van der Waals surface area contributed by atoms with Crippen molar-refractivity contribution < 1.29 is 9.21 Å². The summed E-state index contributed by atoms with van der Waals surface area (Å²) >= 11 is 6.31. The number of carbonyl (C=O) groups is 1. The number of aromatic amines is 1. The van der Waals surface area contributed by atoms with Crippen LogP contribution >= 0.6 is 11.6 Å². The third-order valence-corrected chi connectivity index (χ3v) is 4.69. The minimum atomic E-state index is -0.284. The number of oxazole rings is 1. The zero-order valence-corrected chi connectivity index (χ0v) is 15.1. The van der Waals surface area contributed by atoms with Gasteiger partial charge in [0.2, 0.25) is 11.8 Å². The second-order valence-electron chi connectivity index (χ2n) is 6.22. The van der Waals surface area contributed by atoms with E-state index < -0.39 is 0 Å². The molecule has 3 N–H and O–H groups in total. The van der Waals surface area contributed by atoms with Gasteiger partial charge in [0.05, 0.1) is 11.1 Å². The van der Waals surface area contributed by atoms with Gasteiger partial charge in [-0.2, -0.15) is 4.98 Å². The van der Waals surface area contributed by atoms with E-state index in [0.29, 0.717) is 33.9 Å². The first-order chi connectivity index (χ1) is 13.6. The maximum Gasteiger partial charge on any atom is 0.260 e. The first-order valence-corrected chi connectivity index (χ1v) is 8.83. The van der Waals surface area contributed by atoms with Crippen molar-refractivity contribution in [1.82, 2.24) is 19.9 Å². The largest absolute Gasteiger partial charge is 0.439 e. The molecule has 4 heterocycles. The number of amides is 1. The Morgan fingerprint density at radius 1 is 1.18 bits per heavy atom. The van der Waals surface area contributed by atoms with Crippen molar-refractivity contribution in [1.29, 1.82) is 0 Å². The number of rotatable bonds is 3. The third-order valence-electron chi connectivity index (χ3n) is 4.42. The molecule has 1 aromatic carbocycles. The molecule has 1 aliphatic rings. The van der Waals surface area contributed by atoms with Crippen molar-refractivity contribution >= 4 is 52.0 Å². The van der Waals surface area contributed by atoms with Gasteiger partial charge in [-0.3, -0.25) is 9.69 Å². The van der Waals surface area contributed by atoms with E-state index in [1.807, 2.05) is 36.4 Å². The number of nitrogens with zero attached hydrogens (tertiary/aromatic N) is 4. The summed E-state index contributed by atoms with van der Waals surface area (Å²) in [7, 11) is 0. The van der Waals surface area contributed by atoms with Crippen LogP contribution in [-0.2, 0) is 11.3 Å². The fraction of sp³-hybridized carbons (Fsp3) is 0.0526. The molecule has 0 bridgehead atoms.